The van der Waals surface area contributed by atoms with E-state index in [1.165, 1.54) is 0 Å². The van der Waals surface area contributed by atoms with Crippen LogP contribution in [-0.4, -0.2) is 34.3 Å². The lowest BCUT2D eigenvalue weighted by molar-refractivity contribution is 0.295. The van der Waals surface area contributed by atoms with E-state index in [9.17, 15) is 5.11 Å². The van der Waals surface area contributed by atoms with E-state index in [4.69, 9.17) is 5.73 Å². The van der Waals surface area contributed by atoms with E-state index >= 15 is 0 Å². The number of nitrogens with two attached hydrogens (primary N) is 1. The average Bonchev–Trinajstić information content (AvgIpc) is 2.37. The molecular weight excluding hydrogens is 252 g/mol. The molecule has 1 heterocycles. The summed E-state index contributed by atoms with van der Waals surface area (Å²) in [5, 5.41) is 9.32. The Morgan fingerprint density at radius 3 is 2.30 bits per heavy atom. The highest BCUT2D eigenvalue weighted by molar-refractivity contribution is 5.48. The lowest BCUT2D eigenvalue weighted by Gasteiger charge is -2.32. The van der Waals surface area contributed by atoms with E-state index < -0.39 is 0 Å². The smallest absolute Gasteiger partial charge is 0.138 e. The molecule has 5 nitrogen and oxygen atoms in total. The average molecular weight is 280 g/mol. The lowest BCUT2D eigenvalue weighted by Crippen LogP contribution is -2.38. The minimum Gasteiger partial charge on any atom is -0.395 e. The van der Waals surface area contributed by atoms with Crippen LogP contribution in [-0.2, 0) is 5.41 Å². The number of hydrogen-bond acceptors (Lipinski definition) is 5. The highest BCUT2D eigenvalue weighted by Gasteiger charge is 2.22. The summed E-state index contributed by atoms with van der Waals surface area (Å²) in [5.41, 5.74) is 5.78. The van der Waals surface area contributed by atoms with Crippen molar-refractivity contribution < 1.29 is 5.11 Å². The van der Waals surface area contributed by atoms with Crippen LogP contribution in [0, 0.1) is 0 Å². The number of anilines is 2. The zero-order chi connectivity index (χ0) is 15.3. The number of aromatic nitrogens is 2. The molecule has 1 aromatic rings. The number of nitrogens with zero attached hydrogens (tertiary/aromatic N) is 3. The first-order valence-electron chi connectivity index (χ1n) is 7.36. The van der Waals surface area contributed by atoms with Crippen LogP contribution >= 0.6 is 0 Å². The molecule has 0 saturated carbocycles. The van der Waals surface area contributed by atoms with Crippen LogP contribution < -0.4 is 10.6 Å². The number of aliphatic hydroxyl groups excluding tert-OH is 1. The molecule has 0 aliphatic rings. The summed E-state index contributed by atoms with van der Waals surface area (Å²) in [6, 6.07) is 2.15. The number of nitrogen functional groups attached to an aromatic ring is 1. The van der Waals surface area contributed by atoms with Gasteiger partial charge in [-0.25, -0.2) is 9.97 Å². The summed E-state index contributed by atoms with van der Waals surface area (Å²) in [7, 11) is 0. The summed E-state index contributed by atoms with van der Waals surface area (Å²) in [6.45, 7) is 11.2. The maximum Gasteiger partial charge on any atom is 0.138 e. The Bertz CT molecular complexity index is 424. The molecule has 0 fully saturated rings. The van der Waals surface area contributed by atoms with E-state index in [1.54, 1.807) is 6.07 Å². The van der Waals surface area contributed by atoms with Crippen LogP contribution in [0.3, 0.4) is 0 Å². The standard InChI is InChI=1S/C15H28N4O/c1-6-11(7-2)19(8-9-20)13-10-12(16)17-14(18-13)15(3,4)5/h10-11,20H,6-9H2,1-5H3,(H2,16,17,18). The van der Waals surface area contributed by atoms with Gasteiger partial charge in [0.2, 0.25) is 0 Å². The van der Waals surface area contributed by atoms with Gasteiger partial charge in [0.05, 0.1) is 6.61 Å². The van der Waals surface area contributed by atoms with Crippen molar-refractivity contribution in [2.75, 3.05) is 23.8 Å². The van der Waals surface area contributed by atoms with Crippen molar-refractivity contribution in [3.05, 3.63) is 11.9 Å². The second kappa shape index (κ2) is 6.88. The fraction of sp³-hybridized carbons (Fsp3) is 0.733. The molecular formula is C15H28N4O. The van der Waals surface area contributed by atoms with Gasteiger partial charge in [-0.15, -0.1) is 0 Å². The Morgan fingerprint density at radius 1 is 1.25 bits per heavy atom. The maximum atomic E-state index is 9.32. The second-order valence-corrected chi connectivity index (χ2v) is 6.11. The quantitative estimate of drug-likeness (QED) is 0.836. The third kappa shape index (κ3) is 4.07. The summed E-state index contributed by atoms with van der Waals surface area (Å²) in [4.78, 5) is 11.1. The van der Waals surface area contributed by atoms with Gasteiger partial charge in [0.15, 0.2) is 0 Å². The van der Waals surface area contributed by atoms with Gasteiger partial charge in [0.25, 0.3) is 0 Å². The zero-order valence-electron chi connectivity index (χ0n) is 13.3. The van der Waals surface area contributed by atoms with Gasteiger partial charge < -0.3 is 15.7 Å². The van der Waals surface area contributed by atoms with Crippen molar-refractivity contribution in [2.45, 2.75) is 58.9 Å². The first-order chi connectivity index (χ1) is 9.33. The van der Waals surface area contributed by atoms with E-state index in [0.717, 1.165) is 24.5 Å². The molecule has 0 aliphatic heterocycles. The van der Waals surface area contributed by atoms with Gasteiger partial charge >= 0.3 is 0 Å². The molecule has 114 valence electrons. The molecule has 0 radical (unpaired) electrons. The minimum absolute atomic E-state index is 0.102. The van der Waals surface area contributed by atoms with Crippen molar-refractivity contribution in [2.24, 2.45) is 0 Å². The topological polar surface area (TPSA) is 75.3 Å². The number of hydrogen-bond donors (Lipinski definition) is 2. The van der Waals surface area contributed by atoms with Gasteiger partial charge in [-0.05, 0) is 12.8 Å². The van der Waals surface area contributed by atoms with Crippen LogP contribution in [0.1, 0.15) is 53.3 Å². The fourth-order valence-corrected chi connectivity index (χ4v) is 2.26. The summed E-state index contributed by atoms with van der Waals surface area (Å²) in [6.07, 6.45) is 2.01. The molecule has 3 N–H and O–H groups in total. The van der Waals surface area contributed by atoms with E-state index in [0.29, 0.717) is 18.4 Å². The van der Waals surface area contributed by atoms with Crippen molar-refractivity contribution in [3.8, 4) is 0 Å². The molecule has 0 atom stereocenters. The third-order valence-corrected chi connectivity index (χ3v) is 3.42. The molecule has 0 spiro atoms. The fourth-order valence-electron chi connectivity index (χ4n) is 2.26. The number of aliphatic hydroxyl groups is 1. The van der Waals surface area contributed by atoms with Gasteiger partial charge in [-0.2, -0.15) is 0 Å². The number of rotatable bonds is 6. The second-order valence-electron chi connectivity index (χ2n) is 6.11. The Morgan fingerprint density at radius 2 is 1.85 bits per heavy atom. The minimum atomic E-state index is -0.150. The van der Waals surface area contributed by atoms with Crippen molar-refractivity contribution in [1.82, 2.24) is 9.97 Å². The van der Waals surface area contributed by atoms with Crippen LogP contribution in [0.5, 0.6) is 0 Å². The molecule has 20 heavy (non-hydrogen) atoms. The van der Waals surface area contributed by atoms with Crippen LogP contribution in [0.2, 0.25) is 0 Å². The van der Waals surface area contributed by atoms with E-state index in [-0.39, 0.29) is 12.0 Å². The zero-order valence-corrected chi connectivity index (χ0v) is 13.3. The van der Waals surface area contributed by atoms with Crippen molar-refractivity contribution in [3.63, 3.8) is 0 Å². The molecule has 0 bridgehead atoms. The predicted octanol–water partition coefficient (Wildman–Crippen LogP) is 2.34. The first kappa shape index (κ1) is 16.7. The highest BCUT2D eigenvalue weighted by Crippen LogP contribution is 2.25. The Hall–Kier alpha value is -1.36. The van der Waals surface area contributed by atoms with Crippen LogP contribution in [0.15, 0.2) is 6.07 Å². The molecule has 0 unspecified atom stereocenters. The Balaban J connectivity index is 3.22. The SMILES string of the molecule is CCC(CC)N(CCO)c1cc(N)nc(C(C)(C)C)n1. The van der Waals surface area contributed by atoms with Gasteiger partial charge in [0.1, 0.15) is 17.5 Å². The molecule has 1 rings (SSSR count). The Kier molecular flexibility index (Phi) is 5.74. The third-order valence-electron chi connectivity index (χ3n) is 3.42. The highest BCUT2D eigenvalue weighted by atomic mass is 16.3. The largest absolute Gasteiger partial charge is 0.395 e. The molecule has 0 amide bonds. The monoisotopic (exact) mass is 280 g/mol. The molecule has 0 saturated heterocycles. The van der Waals surface area contributed by atoms with Gasteiger partial charge in [-0.1, -0.05) is 34.6 Å². The molecule has 0 aromatic carbocycles. The molecule has 5 heteroatoms. The van der Waals surface area contributed by atoms with Crippen LogP contribution in [0.25, 0.3) is 0 Å². The predicted molar refractivity (Wildman–Crippen MR) is 83.9 cm³/mol. The maximum absolute atomic E-state index is 9.32. The van der Waals surface area contributed by atoms with Gasteiger partial charge in [0, 0.05) is 24.1 Å². The van der Waals surface area contributed by atoms with E-state index in [2.05, 4.69) is 49.5 Å². The lowest BCUT2D eigenvalue weighted by atomic mass is 9.95. The Labute approximate surface area is 122 Å². The van der Waals surface area contributed by atoms with Crippen molar-refractivity contribution >= 4 is 11.6 Å². The van der Waals surface area contributed by atoms with Crippen molar-refractivity contribution in [1.29, 1.82) is 0 Å². The molecule has 1 aromatic heterocycles. The molecule has 0 aliphatic carbocycles. The van der Waals surface area contributed by atoms with Gasteiger partial charge in [-0.3, -0.25) is 0 Å². The summed E-state index contributed by atoms with van der Waals surface area (Å²) in [5.74, 6) is 2.03. The van der Waals surface area contributed by atoms with E-state index in [1.807, 2.05) is 0 Å². The van der Waals surface area contributed by atoms with Crippen LogP contribution in [0.4, 0.5) is 11.6 Å². The first-order valence-corrected chi connectivity index (χ1v) is 7.36. The normalized spacial score (nSPS) is 11.9. The summed E-state index contributed by atoms with van der Waals surface area (Å²) >= 11 is 0. The summed E-state index contributed by atoms with van der Waals surface area (Å²) < 4.78 is 0.